The Morgan fingerprint density at radius 1 is 0.767 bits per heavy atom. The number of nitro benzene ring substituents is 1. The van der Waals surface area contributed by atoms with Crippen LogP contribution in [-0.4, -0.2) is 22.8 Å². The molecule has 0 radical (unpaired) electrons. The van der Waals surface area contributed by atoms with Gasteiger partial charge in [0.15, 0.2) is 0 Å². The number of hydrogen-bond acceptors (Lipinski definition) is 6. The van der Waals surface area contributed by atoms with Crippen LogP contribution in [0.4, 0.5) is 35.0 Å². The zero-order chi connectivity index (χ0) is 30.9. The van der Waals surface area contributed by atoms with Crippen molar-refractivity contribution in [1.82, 2.24) is 0 Å². The summed E-state index contributed by atoms with van der Waals surface area (Å²) < 4.78 is 45.7. The number of alkyl halides is 3. The summed E-state index contributed by atoms with van der Waals surface area (Å²) in [7, 11) is 0. The first-order valence-electron chi connectivity index (χ1n) is 12.3. The van der Waals surface area contributed by atoms with E-state index >= 15 is 0 Å². The fourth-order valence-corrected chi connectivity index (χ4v) is 4.64. The molecule has 5 rings (SSSR count). The fraction of sp³-hybridized carbons (Fsp3) is 0.0333. The van der Waals surface area contributed by atoms with Gasteiger partial charge in [0.05, 0.1) is 21.9 Å². The molecule has 0 spiro atoms. The SMILES string of the molecule is O=C1C(=Cc2cc(Br)ccc2Oc2ccc(C(F)(F)F)cc2[N+](=O)[O-])C(=O)N(c2ccccc2)C(=O)N1c1ccccc1. The highest BCUT2D eigenvalue weighted by molar-refractivity contribution is 9.10. The van der Waals surface area contributed by atoms with Crippen LogP contribution in [0, 0.1) is 10.1 Å². The van der Waals surface area contributed by atoms with Crippen LogP contribution in [0.15, 0.2) is 107 Å². The minimum Gasteiger partial charge on any atom is -0.449 e. The third kappa shape index (κ3) is 5.88. The Kier molecular flexibility index (Phi) is 7.83. The van der Waals surface area contributed by atoms with Gasteiger partial charge in [-0.1, -0.05) is 52.3 Å². The number of nitrogens with zero attached hydrogens (tertiary/aromatic N) is 3. The lowest BCUT2D eigenvalue weighted by Crippen LogP contribution is -2.57. The molecule has 4 amide bonds. The second kappa shape index (κ2) is 11.5. The molecule has 1 heterocycles. The Morgan fingerprint density at radius 3 is 1.81 bits per heavy atom. The van der Waals surface area contributed by atoms with E-state index in [0.29, 0.717) is 16.6 Å². The Morgan fingerprint density at radius 2 is 1.30 bits per heavy atom. The molecule has 1 fully saturated rings. The molecule has 0 atom stereocenters. The lowest BCUT2D eigenvalue weighted by Gasteiger charge is -2.34. The summed E-state index contributed by atoms with van der Waals surface area (Å²) in [5.41, 5.74) is -2.18. The van der Waals surface area contributed by atoms with Gasteiger partial charge in [0.25, 0.3) is 11.8 Å². The quantitative estimate of drug-likeness (QED) is 0.0912. The molecule has 0 aliphatic carbocycles. The van der Waals surface area contributed by atoms with Crippen LogP contribution in [0.5, 0.6) is 11.5 Å². The Balaban J connectivity index is 1.63. The smallest absolute Gasteiger partial charge is 0.416 e. The van der Waals surface area contributed by atoms with Gasteiger partial charge in [-0.2, -0.15) is 13.2 Å². The number of urea groups is 1. The summed E-state index contributed by atoms with van der Waals surface area (Å²) in [4.78, 5) is 53.2. The van der Waals surface area contributed by atoms with E-state index in [0.717, 1.165) is 21.9 Å². The van der Waals surface area contributed by atoms with E-state index in [4.69, 9.17) is 4.74 Å². The van der Waals surface area contributed by atoms with Gasteiger partial charge in [-0.15, -0.1) is 0 Å². The maximum atomic E-state index is 13.7. The van der Waals surface area contributed by atoms with Crippen molar-refractivity contribution in [2.75, 3.05) is 9.80 Å². The number of rotatable bonds is 6. The molecule has 1 aliphatic rings. The summed E-state index contributed by atoms with van der Waals surface area (Å²) in [6, 6.07) is 21.1. The molecule has 0 unspecified atom stereocenters. The average Bonchev–Trinajstić information content (AvgIpc) is 2.97. The van der Waals surface area contributed by atoms with Gasteiger partial charge in [0.2, 0.25) is 5.75 Å². The van der Waals surface area contributed by atoms with Gasteiger partial charge in [-0.25, -0.2) is 14.6 Å². The van der Waals surface area contributed by atoms with Crippen LogP contribution in [-0.2, 0) is 15.8 Å². The minimum atomic E-state index is -4.83. The maximum Gasteiger partial charge on any atom is 0.416 e. The predicted molar refractivity (Wildman–Crippen MR) is 154 cm³/mol. The first-order valence-corrected chi connectivity index (χ1v) is 13.1. The lowest BCUT2D eigenvalue weighted by molar-refractivity contribution is -0.385. The molecule has 9 nitrogen and oxygen atoms in total. The largest absolute Gasteiger partial charge is 0.449 e. The second-order valence-corrected chi connectivity index (χ2v) is 9.93. The van der Waals surface area contributed by atoms with Gasteiger partial charge < -0.3 is 4.74 Å². The number of barbiturate groups is 1. The molecular weight excluding hydrogens is 635 g/mol. The Labute approximate surface area is 249 Å². The monoisotopic (exact) mass is 651 g/mol. The fourth-order valence-electron chi connectivity index (χ4n) is 4.26. The highest BCUT2D eigenvalue weighted by Crippen LogP contribution is 2.40. The number of hydrogen-bond donors (Lipinski definition) is 0. The standard InChI is InChI=1S/C30H17BrF3N3O6/c31-20-12-14-25(43-26-13-11-19(30(32,33)34)17-24(26)37(41)42)18(15-20)16-23-27(38)35(21-7-3-1-4-8-21)29(40)36(28(23)39)22-9-5-2-6-10-22/h1-17H. The van der Waals surface area contributed by atoms with E-state index in [1.54, 1.807) is 36.4 Å². The molecule has 43 heavy (non-hydrogen) atoms. The van der Waals surface area contributed by atoms with Crippen molar-refractivity contribution in [2.24, 2.45) is 0 Å². The highest BCUT2D eigenvalue weighted by Gasteiger charge is 2.44. The summed E-state index contributed by atoms with van der Waals surface area (Å²) >= 11 is 3.29. The molecule has 0 saturated carbocycles. The van der Waals surface area contributed by atoms with Gasteiger partial charge in [0, 0.05) is 16.1 Å². The van der Waals surface area contributed by atoms with Gasteiger partial charge >= 0.3 is 17.9 Å². The zero-order valence-corrected chi connectivity index (χ0v) is 23.2. The predicted octanol–water partition coefficient (Wildman–Crippen LogP) is 7.75. The van der Waals surface area contributed by atoms with E-state index < -0.39 is 51.5 Å². The molecule has 0 N–H and O–H groups in total. The van der Waals surface area contributed by atoms with Crippen LogP contribution in [0.2, 0.25) is 0 Å². The lowest BCUT2D eigenvalue weighted by atomic mass is 10.0. The molecular formula is C30H17BrF3N3O6. The van der Waals surface area contributed by atoms with Crippen molar-refractivity contribution in [3.63, 3.8) is 0 Å². The first kappa shape index (κ1) is 29.2. The summed E-state index contributed by atoms with van der Waals surface area (Å²) in [6.45, 7) is 0. The molecule has 0 bridgehead atoms. The van der Waals surface area contributed by atoms with Crippen molar-refractivity contribution in [3.8, 4) is 11.5 Å². The number of ether oxygens (including phenoxy) is 1. The van der Waals surface area contributed by atoms with Crippen LogP contribution in [0.3, 0.4) is 0 Å². The molecule has 0 aromatic heterocycles. The van der Waals surface area contributed by atoms with Crippen molar-refractivity contribution in [1.29, 1.82) is 0 Å². The summed E-state index contributed by atoms with van der Waals surface area (Å²) in [6.07, 6.45) is -3.68. The van der Waals surface area contributed by atoms with Crippen LogP contribution in [0.1, 0.15) is 11.1 Å². The van der Waals surface area contributed by atoms with E-state index in [-0.39, 0.29) is 22.7 Å². The van der Waals surface area contributed by atoms with Crippen molar-refractivity contribution >= 4 is 56.9 Å². The minimum absolute atomic E-state index is 0.0654. The third-order valence-corrected chi connectivity index (χ3v) is 6.75. The summed E-state index contributed by atoms with van der Waals surface area (Å²) in [5, 5.41) is 11.6. The number of para-hydroxylation sites is 2. The molecule has 1 aliphatic heterocycles. The second-order valence-electron chi connectivity index (χ2n) is 9.01. The molecule has 216 valence electrons. The van der Waals surface area contributed by atoms with E-state index in [1.807, 2.05) is 0 Å². The highest BCUT2D eigenvalue weighted by atomic mass is 79.9. The number of benzene rings is 4. The number of amides is 4. The van der Waals surface area contributed by atoms with Gasteiger partial charge in [-0.3, -0.25) is 19.7 Å². The zero-order valence-electron chi connectivity index (χ0n) is 21.6. The maximum absolute atomic E-state index is 13.7. The number of anilines is 2. The number of carbonyl (C=O) groups excluding carboxylic acids is 3. The first-order chi connectivity index (χ1) is 20.5. The van der Waals surface area contributed by atoms with E-state index in [9.17, 15) is 37.7 Å². The third-order valence-electron chi connectivity index (χ3n) is 6.25. The number of nitro groups is 1. The molecule has 1 saturated heterocycles. The van der Waals surface area contributed by atoms with Crippen molar-refractivity contribution in [2.45, 2.75) is 6.18 Å². The molecule has 4 aromatic carbocycles. The normalized spacial score (nSPS) is 13.8. The van der Waals surface area contributed by atoms with Crippen LogP contribution >= 0.6 is 15.9 Å². The van der Waals surface area contributed by atoms with Crippen LogP contribution in [0.25, 0.3) is 6.08 Å². The van der Waals surface area contributed by atoms with Gasteiger partial charge in [0.1, 0.15) is 11.3 Å². The summed E-state index contributed by atoms with van der Waals surface area (Å²) in [5.74, 6) is -2.51. The number of imide groups is 2. The van der Waals surface area contributed by atoms with E-state index in [1.165, 1.54) is 42.5 Å². The Bertz CT molecular complexity index is 1730. The van der Waals surface area contributed by atoms with Crippen LogP contribution < -0.4 is 14.5 Å². The topological polar surface area (TPSA) is 110 Å². The average molecular weight is 652 g/mol. The van der Waals surface area contributed by atoms with E-state index in [2.05, 4.69) is 15.9 Å². The molecule has 13 heteroatoms. The Hall–Kier alpha value is -5.30. The van der Waals surface area contributed by atoms with Crippen molar-refractivity contribution < 1.29 is 37.2 Å². The number of halogens is 4. The number of carbonyl (C=O) groups is 3. The van der Waals surface area contributed by atoms with Gasteiger partial charge in [-0.05, 0) is 60.7 Å². The van der Waals surface area contributed by atoms with Crippen molar-refractivity contribution in [3.05, 3.63) is 128 Å². The molecule has 4 aromatic rings.